The Balaban J connectivity index is 2.11. The number of aromatic nitrogens is 3. The molecule has 2 heterocycles. The molecule has 1 aliphatic rings. The second-order valence-electron chi connectivity index (χ2n) is 7.34. The van der Waals surface area contributed by atoms with Crippen LogP contribution in [0.15, 0.2) is 52.4 Å². The molecule has 1 atom stereocenters. The fourth-order valence-electron chi connectivity index (χ4n) is 3.89. The standard InChI is InChI=1S/C22H19N5O6S/c1-4-34-22-23-20(30)19-15-7-5-6-8-17(15)25(12(2)28)21(26(19)24-22)16-11-14(27(31)32)9-10-18(16)33-13(3)29/h5-11,21H,4H2,1-3H3/p+1/t21-/m0/s1. The van der Waals surface area contributed by atoms with E-state index >= 15 is 0 Å². The number of aromatic amines is 1. The third kappa shape index (κ3) is 4.03. The molecule has 3 aromatic rings. The number of carbonyl (C=O) groups is 2. The number of nitrogens with one attached hydrogen (secondary N) is 1. The fourth-order valence-corrected chi connectivity index (χ4v) is 4.48. The maximum absolute atomic E-state index is 13.2. The van der Waals surface area contributed by atoms with Crippen molar-refractivity contribution in [2.24, 2.45) is 0 Å². The number of benzene rings is 2. The summed E-state index contributed by atoms with van der Waals surface area (Å²) in [7, 11) is 0. The van der Waals surface area contributed by atoms with Gasteiger partial charge in [-0.2, -0.15) is 0 Å². The lowest BCUT2D eigenvalue weighted by atomic mass is 10.0. The average molecular weight is 482 g/mol. The summed E-state index contributed by atoms with van der Waals surface area (Å²) >= 11 is 1.29. The van der Waals surface area contributed by atoms with Gasteiger partial charge in [0.1, 0.15) is 5.75 Å². The number of nitrogens with zero attached hydrogens (tertiary/aromatic N) is 4. The van der Waals surface area contributed by atoms with Crippen LogP contribution in [0.25, 0.3) is 11.3 Å². The second kappa shape index (κ2) is 9.06. The van der Waals surface area contributed by atoms with E-state index in [0.717, 1.165) is 0 Å². The van der Waals surface area contributed by atoms with Crippen LogP contribution in [-0.4, -0.2) is 32.6 Å². The molecule has 34 heavy (non-hydrogen) atoms. The molecule has 1 aromatic heterocycles. The molecule has 11 nitrogen and oxygen atoms in total. The monoisotopic (exact) mass is 482 g/mol. The first-order valence-electron chi connectivity index (χ1n) is 10.3. The highest BCUT2D eigenvalue weighted by atomic mass is 32.2. The number of anilines is 1. The van der Waals surface area contributed by atoms with Crippen molar-refractivity contribution >= 4 is 35.0 Å². The lowest BCUT2D eigenvalue weighted by Crippen LogP contribution is -2.60. The van der Waals surface area contributed by atoms with E-state index in [1.54, 1.807) is 24.3 Å². The highest BCUT2D eigenvalue weighted by Crippen LogP contribution is 2.40. The Morgan fingerprint density at radius 3 is 2.65 bits per heavy atom. The summed E-state index contributed by atoms with van der Waals surface area (Å²) in [5.41, 5.74) is 0.470. The summed E-state index contributed by atoms with van der Waals surface area (Å²) in [6.45, 7) is 4.43. The summed E-state index contributed by atoms with van der Waals surface area (Å²) in [6, 6.07) is 10.5. The molecule has 0 aliphatic carbocycles. The van der Waals surface area contributed by atoms with Crippen LogP contribution in [0.3, 0.4) is 0 Å². The zero-order valence-corrected chi connectivity index (χ0v) is 19.3. The van der Waals surface area contributed by atoms with Crippen molar-refractivity contribution < 1.29 is 23.9 Å². The van der Waals surface area contributed by atoms with Gasteiger partial charge in [-0.25, -0.2) is 4.90 Å². The number of amides is 1. The Morgan fingerprint density at radius 1 is 1.26 bits per heavy atom. The number of H-pyrrole nitrogens is 1. The Bertz CT molecular complexity index is 1390. The SMILES string of the molecule is CCSc1n[n+]2c(c(=O)[nH]1)-c1ccccc1N(C(C)=O)[C@@H]2c1cc([N+](=O)[O-])ccc1OC(C)=O. The van der Waals surface area contributed by atoms with Gasteiger partial charge >= 0.3 is 17.2 Å². The van der Waals surface area contributed by atoms with Crippen molar-refractivity contribution in [2.75, 3.05) is 10.7 Å². The molecule has 0 radical (unpaired) electrons. The number of hydrogen-bond donors (Lipinski definition) is 1. The van der Waals surface area contributed by atoms with Gasteiger partial charge in [-0.1, -0.05) is 30.8 Å². The molecular weight excluding hydrogens is 462 g/mol. The van der Waals surface area contributed by atoms with Crippen LogP contribution in [0.5, 0.6) is 5.75 Å². The highest BCUT2D eigenvalue weighted by Gasteiger charge is 2.46. The van der Waals surface area contributed by atoms with Crippen molar-refractivity contribution in [3.63, 3.8) is 0 Å². The van der Waals surface area contributed by atoms with Crippen molar-refractivity contribution in [3.05, 3.63) is 68.5 Å². The fraction of sp³-hybridized carbons (Fsp3) is 0.227. The van der Waals surface area contributed by atoms with E-state index in [1.165, 1.54) is 53.4 Å². The average Bonchev–Trinajstić information content (AvgIpc) is 2.77. The quantitative estimate of drug-likeness (QED) is 0.146. The molecule has 1 N–H and O–H groups in total. The minimum atomic E-state index is -1.13. The zero-order valence-electron chi connectivity index (χ0n) is 18.5. The van der Waals surface area contributed by atoms with Crippen LogP contribution >= 0.6 is 11.8 Å². The first kappa shape index (κ1) is 23.1. The number of nitro benzene ring substituents is 1. The normalized spacial score (nSPS) is 14.2. The number of para-hydroxylation sites is 1. The number of esters is 1. The first-order chi connectivity index (χ1) is 16.2. The predicted molar refractivity (Wildman–Crippen MR) is 123 cm³/mol. The molecule has 0 saturated heterocycles. The third-order valence-electron chi connectivity index (χ3n) is 5.11. The minimum Gasteiger partial charge on any atom is -0.426 e. The van der Waals surface area contributed by atoms with E-state index in [2.05, 4.69) is 10.1 Å². The Morgan fingerprint density at radius 2 is 2.00 bits per heavy atom. The molecule has 12 heteroatoms. The zero-order chi connectivity index (χ0) is 24.6. The van der Waals surface area contributed by atoms with Crippen LogP contribution in [0, 0.1) is 10.1 Å². The molecule has 0 spiro atoms. The van der Waals surface area contributed by atoms with Gasteiger partial charge in [0.15, 0.2) is 0 Å². The molecule has 0 unspecified atom stereocenters. The number of nitro groups is 1. The maximum Gasteiger partial charge on any atom is 0.325 e. The summed E-state index contributed by atoms with van der Waals surface area (Å²) in [5, 5.41) is 16.4. The van der Waals surface area contributed by atoms with E-state index in [1.807, 2.05) is 6.92 Å². The number of fused-ring (bicyclic) bond motifs is 3. The third-order valence-corrected chi connectivity index (χ3v) is 5.86. The van der Waals surface area contributed by atoms with Crippen molar-refractivity contribution in [2.45, 2.75) is 32.1 Å². The van der Waals surface area contributed by atoms with Crippen LogP contribution in [0.1, 0.15) is 32.5 Å². The molecule has 0 fully saturated rings. The lowest BCUT2D eigenvalue weighted by Gasteiger charge is -2.31. The summed E-state index contributed by atoms with van der Waals surface area (Å²) in [4.78, 5) is 53.0. The first-order valence-corrected chi connectivity index (χ1v) is 11.3. The molecule has 1 aliphatic heterocycles. The smallest absolute Gasteiger partial charge is 0.325 e. The molecule has 2 aromatic carbocycles. The minimum absolute atomic E-state index is 0.0129. The Labute approximate surface area is 197 Å². The largest absolute Gasteiger partial charge is 0.426 e. The molecule has 4 rings (SSSR count). The van der Waals surface area contributed by atoms with Gasteiger partial charge in [0.2, 0.25) is 11.1 Å². The van der Waals surface area contributed by atoms with Crippen molar-refractivity contribution in [1.29, 1.82) is 0 Å². The van der Waals surface area contributed by atoms with Gasteiger partial charge in [0.05, 0.1) is 21.7 Å². The summed E-state index contributed by atoms with van der Waals surface area (Å²) < 4.78 is 6.69. The van der Waals surface area contributed by atoms with Crippen LogP contribution in [0.2, 0.25) is 0 Å². The van der Waals surface area contributed by atoms with Gasteiger partial charge in [0.25, 0.3) is 11.9 Å². The molecule has 174 valence electrons. The topological polar surface area (TPSA) is 139 Å². The maximum atomic E-state index is 13.2. The van der Waals surface area contributed by atoms with Crippen molar-refractivity contribution in [3.8, 4) is 17.0 Å². The van der Waals surface area contributed by atoms with Crippen LogP contribution in [0.4, 0.5) is 11.4 Å². The van der Waals surface area contributed by atoms with E-state index < -0.39 is 28.5 Å². The second-order valence-corrected chi connectivity index (χ2v) is 8.59. The van der Waals surface area contributed by atoms with Gasteiger partial charge in [-0.15, -0.1) is 0 Å². The van der Waals surface area contributed by atoms with E-state index in [-0.39, 0.29) is 22.7 Å². The number of rotatable bonds is 5. The van der Waals surface area contributed by atoms with Crippen LogP contribution < -0.4 is 19.9 Å². The van der Waals surface area contributed by atoms with Gasteiger partial charge in [-0.05, 0) is 28.6 Å². The molecule has 1 amide bonds. The van der Waals surface area contributed by atoms with E-state index in [9.17, 15) is 24.5 Å². The molecule has 0 bridgehead atoms. The Kier molecular flexibility index (Phi) is 6.16. The van der Waals surface area contributed by atoms with Crippen molar-refractivity contribution in [1.82, 2.24) is 10.1 Å². The van der Waals surface area contributed by atoms with Gasteiger partial charge in [0, 0.05) is 31.1 Å². The van der Waals surface area contributed by atoms with E-state index in [4.69, 9.17) is 4.74 Å². The number of ether oxygens (including phenoxy) is 1. The number of hydrogen-bond acceptors (Lipinski definition) is 8. The molecular formula is C22H20N5O6S+. The number of carbonyl (C=O) groups excluding carboxylic acids is 2. The summed E-state index contributed by atoms with van der Waals surface area (Å²) in [6.07, 6.45) is -1.13. The van der Waals surface area contributed by atoms with Gasteiger partial charge < -0.3 is 4.74 Å². The predicted octanol–water partition coefficient (Wildman–Crippen LogP) is 2.58. The number of thioether (sulfide) groups is 1. The van der Waals surface area contributed by atoms with Crippen LogP contribution in [-0.2, 0) is 9.59 Å². The number of non-ortho nitro benzene ring substituents is 1. The Hall–Kier alpha value is -4.06. The molecule has 0 saturated carbocycles. The summed E-state index contributed by atoms with van der Waals surface area (Å²) in [5.74, 6) is -0.413. The highest BCUT2D eigenvalue weighted by molar-refractivity contribution is 7.99. The van der Waals surface area contributed by atoms with Gasteiger partial charge in [-0.3, -0.25) is 29.5 Å². The van der Waals surface area contributed by atoms with E-state index in [0.29, 0.717) is 22.2 Å². The lowest BCUT2D eigenvalue weighted by molar-refractivity contribution is -0.763.